The molecular formula is C24H30N7O6P. The van der Waals surface area contributed by atoms with Gasteiger partial charge in [-0.15, -0.1) is 0 Å². The second kappa shape index (κ2) is 11.1. The van der Waals surface area contributed by atoms with Gasteiger partial charge in [-0.2, -0.15) is 15.1 Å². The van der Waals surface area contributed by atoms with Gasteiger partial charge in [0.05, 0.1) is 32.2 Å². The van der Waals surface area contributed by atoms with Gasteiger partial charge in [0.1, 0.15) is 11.8 Å². The van der Waals surface area contributed by atoms with Crippen molar-refractivity contribution in [3.05, 3.63) is 48.8 Å². The van der Waals surface area contributed by atoms with E-state index in [1.54, 1.807) is 36.7 Å². The molecule has 0 bridgehead atoms. The molecule has 13 nitrogen and oxygen atoms in total. The number of allylic oxidation sites excluding steroid dienone is 1. The molecule has 1 aliphatic carbocycles. The number of morpholine rings is 1. The highest BCUT2D eigenvalue weighted by Gasteiger charge is 2.33. The lowest BCUT2D eigenvalue weighted by molar-refractivity contribution is -0.138. The molecule has 3 aromatic rings. The highest BCUT2D eigenvalue weighted by atomic mass is 31.2. The summed E-state index contributed by atoms with van der Waals surface area (Å²) in [6.45, 7) is 4.04. The molecule has 2 aromatic heterocycles. The molecule has 3 heterocycles. The number of carboxylic acids is 1. The molecule has 5 rings (SSSR count). The maximum atomic E-state index is 13.5. The highest BCUT2D eigenvalue weighted by molar-refractivity contribution is 7.52. The fraction of sp³-hybridized carbons (Fsp3) is 0.417. The van der Waals surface area contributed by atoms with E-state index in [0.717, 1.165) is 0 Å². The van der Waals surface area contributed by atoms with E-state index in [-0.39, 0.29) is 24.5 Å². The Morgan fingerprint density at radius 3 is 2.76 bits per heavy atom. The van der Waals surface area contributed by atoms with Crippen LogP contribution in [0, 0.1) is 5.92 Å². The van der Waals surface area contributed by atoms with Crippen molar-refractivity contribution in [2.24, 2.45) is 5.92 Å². The summed E-state index contributed by atoms with van der Waals surface area (Å²) in [6, 6.07) is 7.26. The molecule has 1 aliphatic heterocycles. The highest BCUT2D eigenvalue weighted by Crippen LogP contribution is 2.46. The lowest BCUT2D eigenvalue weighted by Gasteiger charge is -2.27. The van der Waals surface area contributed by atoms with E-state index >= 15 is 0 Å². The topological polar surface area (TPSA) is 167 Å². The van der Waals surface area contributed by atoms with Crippen LogP contribution in [0.3, 0.4) is 0 Å². The standard InChI is InChI=1S/C24H30N7O6P/c1-16(23(32)33)29-38(34,37-19-5-3-2-4-6-19)36-14-17-7-8-18(13-17)31-15-26-20-21(27-24(25)28-22(20)31)30-9-11-35-12-10-30/h2-8,15-18H,9-14H2,1H3,(H,29,34)(H,32,33)(H2,25,27,28)/t16?,17-,18+,38+/m1/s1. The van der Waals surface area contributed by atoms with Crippen LogP contribution in [-0.4, -0.2) is 69.5 Å². The normalized spacial score (nSPS) is 21.9. The summed E-state index contributed by atoms with van der Waals surface area (Å²) in [6.07, 6.45) is 6.33. The molecule has 0 saturated carbocycles. The van der Waals surface area contributed by atoms with E-state index in [0.29, 0.717) is 55.5 Å². The number of benzene rings is 1. The molecule has 1 unspecified atom stereocenters. The van der Waals surface area contributed by atoms with Crippen molar-refractivity contribution in [3.8, 4) is 5.75 Å². The number of anilines is 2. The molecule has 1 aromatic carbocycles. The lowest BCUT2D eigenvalue weighted by Crippen LogP contribution is -2.37. The Balaban J connectivity index is 1.29. The number of aliphatic carboxylic acids is 1. The SMILES string of the molecule is CC(N[P@](=O)(OC[C@@H]1C=C[C@H](n2cnc3c(N4CCOCC4)nc(N)nc32)C1)Oc1ccccc1)C(=O)O. The quantitative estimate of drug-likeness (QED) is 0.253. The molecule has 1 saturated heterocycles. The van der Waals surface area contributed by atoms with Gasteiger partial charge in [-0.25, -0.2) is 9.55 Å². The zero-order valence-electron chi connectivity index (χ0n) is 20.8. The number of aromatic nitrogens is 4. The summed E-state index contributed by atoms with van der Waals surface area (Å²) in [5, 5.41) is 11.8. The van der Waals surface area contributed by atoms with Crippen LogP contribution in [0.4, 0.5) is 11.8 Å². The molecule has 14 heteroatoms. The first-order valence-corrected chi connectivity index (χ1v) is 13.9. The van der Waals surface area contributed by atoms with Crippen molar-refractivity contribution in [1.82, 2.24) is 24.6 Å². The van der Waals surface area contributed by atoms with Gasteiger partial charge in [0.25, 0.3) is 0 Å². The van der Waals surface area contributed by atoms with E-state index in [1.807, 2.05) is 16.7 Å². The molecule has 4 N–H and O–H groups in total. The van der Waals surface area contributed by atoms with E-state index in [9.17, 15) is 14.5 Å². The summed E-state index contributed by atoms with van der Waals surface area (Å²) < 4.78 is 32.2. The Kier molecular flexibility index (Phi) is 7.61. The Hall–Kier alpha value is -3.51. The van der Waals surface area contributed by atoms with Gasteiger partial charge in [-0.05, 0) is 25.5 Å². The molecular weight excluding hydrogens is 513 g/mol. The van der Waals surface area contributed by atoms with Gasteiger partial charge in [-0.1, -0.05) is 30.4 Å². The molecule has 38 heavy (non-hydrogen) atoms. The Morgan fingerprint density at radius 1 is 1.26 bits per heavy atom. The number of hydrogen-bond acceptors (Lipinski definition) is 10. The van der Waals surface area contributed by atoms with E-state index in [4.69, 9.17) is 19.5 Å². The van der Waals surface area contributed by atoms with Crippen molar-refractivity contribution in [3.63, 3.8) is 0 Å². The minimum atomic E-state index is -3.99. The van der Waals surface area contributed by atoms with Crippen LogP contribution in [0.5, 0.6) is 5.75 Å². The van der Waals surface area contributed by atoms with Gasteiger partial charge in [0.2, 0.25) is 5.95 Å². The first kappa shape index (κ1) is 26.1. The minimum Gasteiger partial charge on any atom is -0.480 e. The van der Waals surface area contributed by atoms with E-state index < -0.39 is 19.8 Å². The Labute approximate surface area is 219 Å². The van der Waals surface area contributed by atoms with Gasteiger partial charge >= 0.3 is 13.7 Å². The monoisotopic (exact) mass is 543 g/mol. The average molecular weight is 544 g/mol. The van der Waals surface area contributed by atoms with Crippen LogP contribution < -0.4 is 20.2 Å². The smallest absolute Gasteiger partial charge is 0.459 e. The second-order valence-electron chi connectivity index (χ2n) is 9.16. The molecule has 0 spiro atoms. The van der Waals surface area contributed by atoms with Gasteiger partial charge < -0.3 is 29.6 Å². The molecule has 1 fully saturated rings. The zero-order chi connectivity index (χ0) is 26.7. The largest absolute Gasteiger partial charge is 0.480 e. The minimum absolute atomic E-state index is 0.0548. The zero-order valence-corrected chi connectivity index (χ0v) is 21.7. The van der Waals surface area contributed by atoms with Crippen molar-refractivity contribution in [2.75, 3.05) is 43.5 Å². The predicted octanol–water partition coefficient (Wildman–Crippen LogP) is 2.63. The summed E-state index contributed by atoms with van der Waals surface area (Å²) in [5.74, 6) is -0.116. The van der Waals surface area contributed by atoms with Crippen LogP contribution in [0.25, 0.3) is 11.2 Å². The maximum absolute atomic E-state index is 13.5. The maximum Gasteiger partial charge on any atom is 0.459 e. The Bertz CT molecular complexity index is 1360. The number of ether oxygens (including phenoxy) is 1. The van der Waals surface area contributed by atoms with Crippen molar-refractivity contribution < 1.29 is 28.3 Å². The molecule has 0 radical (unpaired) electrons. The number of fused-ring (bicyclic) bond motifs is 1. The number of hydrogen-bond donors (Lipinski definition) is 3. The number of rotatable bonds is 10. The van der Waals surface area contributed by atoms with E-state index in [2.05, 4.69) is 24.9 Å². The van der Waals surface area contributed by atoms with Crippen LogP contribution >= 0.6 is 7.75 Å². The van der Waals surface area contributed by atoms with Gasteiger partial charge in [0.15, 0.2) is 17.0 Å². The Morgan fingerprint density at radius 2 is 2.03 bits per heavy atom. The number of imidazole rings is 1. The number of nitrogen functional groups attached to an aromatic ring is 1. The molecule has 2 aliphatic rings. The van der Waals surface area contributed by atoms with Gasteiger partial charge in [-0.3, -0.25) is 9.32 Å². The van der Waals surface area contributed by atoms with Crippen molar-refractivity contribution in [2.45, 2.75) is 25.4 Å². The molecule has 4 atom stereocenters. The second-order valence-corrected chi connectivity index (χ2v) is 10.9. The van der Waals surface area contributed by atoms with Crippen LogP contribution in [0.1, 0.15) is 19.4 Å². The summed E-state index contributed by atoms with van der Waals surface area (Å²) in [4.78, 5) is 27.0. The third kappa shape index (κ3) is 5.81. The predicted molar refractivity (Wildman–Crippen MR) is 140 cm³/mol. The lowest BCUT2D eigenvalue weighted by atomic mass is 10.1. The number of carbonyl (C=O) groups is 1. The third-order valence-corrected chi connectivity index (χ3v) is 8.03. The molecule has 202 valence electrons. The first-order chi connectivity index (χ1) is 18.3. The fourth-order valence-corrected chi connectivity index (χ4v) is 5.99. The number of carboxylic acid groups (broad SMARTS) is 1. The van der Waals surface area contributed by atoms with Crippen molar-refractivity contribution >= 4 is 36.6 Å². The number of nitrogens with two attached hydrogens (primary N) is 1. The van der Waals surface area contributed by atoms with Crippen molar-refractivity contribution in [1.29, 1.82) is 0 Å². The first-order valence-electron chi connectivity index (χ1n) is 12.3. The third-order valence-electron chi connectivity index (χ3n) is 6.39. The van der Waals surface area contributed by atoms with Crippen LogP contribution in [-0.2, 0) is 18.6 Å². The fourth-order valence-electron chi connectivity index (χ4n) is 4.44. The van der Waals surface area contributed by atoms with Crippen LogP contribution in [0.15, 0.2) is 48.8 Å². The number of nitrogens with zero attached hydrogens (tertiary/aromatic N) is 5. The summed E-state index contributed by atoms with van der Waals surface area (Å²) in [5.41, 5.74) is 7.35. The summed E-state index contributed by atoms with van der Waals surface area (Å²) >= 11 is 0. The molecule has 0 amide bonds. The van der Waals surface area contributed by atoms with E-state index in [1.165, 1.54) is 6.92 Å². The number of nitrogens with one attached hydrogen (secondary N) is 1. The average Bonchev–Trinajstić information content (AvgIpc) is 3.55. The van der Waals surface area contributed by atoms with Gasteiger partial charge in [0, 0.05) is 19.0 Å². The summed E-state index contributed by atoms with van der Waals surface area (Å²) in [7, 11) is -3.99. The number of para-hydroxylation sites is 1. The van der Waals surface area contributed by atoms with Crippen LogP contribution in [0.2, 0.25) is 0 Å².